The second-order valence-corrected chi connectivity index (χ2v) is 8.00. The molecule has 0 saturated carbocycles. The van der Waals surface area contributed by atoms with Crippen LogP contribution in [0.4, 0.5) is 0 Å². The number of nitrogens with one attached hydrogen (secondary N) is 2. The molecule has 1 amide bonds. The van der Waals surface area contributed by atoms with Crippen LogP contribution in [-0.4, -0.2) is 41.7 Å². The highest BCUT2D eigenvalue weighted by Gasteiger charge is 2.17. The van der Waals surface area contributed by atoms with Crippen LogP contribution >= 0.6 is 0 Å². The highest BCUT2D eigenvalue weighted by molar-refractivity contribution is 7.89. The standard InChI is InChI=1S/C20H22N2O6S/c1-21-29(24,25)19-12-14(3-7-17(19)26-2)5-8-20(23)22-13-15-4-6-16-18(11-15)28-10-9-27-16/h3-8,11-12,21H,9-10,13H2,1-2H3,(H,22,23)/b8-5+. The lowest BCUT2D eigenvalue weighted by Gasteiger charge is -2.18. The average molecular weight is 418 g/mol. The summed E-state index contributed by atoms with van der Waals surface area (Å²) in [5.41, 5.74) is 1.43. The number of carbonyl (C=O) groups excluding carboxylic acids is 1. The van der Waals surface area contributed by atoms with E-state index in [2.05, 4.69) is 10.0 Å². The molecule has 0 aliphatic carbocycles. The first-order valence-electron chi connectivity index (χ1n) is 8.89. The second-order valence-electron chi connectivity index (χ2n) is 6.15. The van der Waals surface area contributed by atoms with E-state index in [1.54, 1.807) is 6.07 Å². The van der Waals surface area contributed by atoms with Crippen molar-refractivity contribution in [2.24, 2.45) is 0 Å². The van der Waals surface area contributed by atoms with Gasteiger partial charge in [-0.3, -0.25) is 4.79 Å². The molecule has 0 fully saturated rings. The number of amides is 1. The Balaban J connectivity index is 1.65. The summed E-state index contributed by atoms with van der Waals surface area (Å²) in [4.78, 5) is 12.1. The molecule has 0 unspecified atom stereocenters. The third-order valence-electron chi connectivity index (χ3n) is 4.25. The van der Waals surface area contributed by atoms with E-state index in [9.17, 15) is 13.2 Å². The van der Waals surface area contributed by atoms with Crippen molar-refractivity contribution >= 4 is 22.0 Å². The molecule has 0 saturated heterocycles. The zero-order valence-electron chi connectivity index (χ0n) is 16.1. The van der Waals surface area contributed by atoms with E-state index in [-0.39, 0.29) is 16.6 Å². The van der Waals surface area contributed by atoms with Gasteiger partial charge in [0.15, 0.2) is 11.5 Å². The number of ether oxygens (including phenoxy) is 3. The van der Waals surface area contributed by atoms with E-state index in [0.717, 1.165) is 5.56 Å². The van der Waals surface area contributed by atoms with E-state index in [1.165, 1.54) is 38.4 Å². The van der Waals surface area contributed by atoms with Gasteiger partial charge in [0, 0.05) is 12.6 Å². The van der Waals surface area contributed by atoms with Crippen molar-refractivity contribution in [1.29, 1.82) is 0 Å². The molecular weight excluding hydrogens is 396 g/mol. The zero-order chi connectivity index (χ0) is 20.9. The van der Waals surface area contributed by atoms with E-state index >= 15 is 0 Å². The maximum absolute atomic E-state index is 12.1. The third kappa shape index (κ3) is 5.07. The van der Waals surface area contributed by atoms with Gasteiger partial charge in [0.25, 0.3) is 0 Å². The lowest BCUT2D eigenvalue weighted by molar-refractivity contribution is -0.116. The number of benzene rings is 2. The molecule has 0 atom stereocenters. The molecule has 1 heterocycles. The summed E-state index contributed by atoms with van der Waals surface area (Å²) in [6.45, 7) is 1.34. The Bertz CT molecular complexity index is 1030. The lowest BCUT2D eigenvalue weighted by atomic mass is 10.2. The molecule has 154 valence electrons. The Morgan fingerprint density at radius 3 is 2.62 bits per heavy atom. The van der Waals surface area contributed by atoms with Crippen LogP contribution in [0.15, 0.2) is 47.4 Å². The van der Waals surface area contributed by atoms with Crippen molar-refractivity contribution in [3.63, 3.8) is 0 Å². The van der Waals surface area contributed by atoms with Crippen LogP contribution in [0, 0.1) is 0 Å². The van der Waals surface area contributed by atoms with E-state index in [0.29, 0.717) is 36.8 Å². The van der Waals surface area contributed by atoms with Crippen molar-refractivity contribution in [3.05, 3.63) is 53.6 Å². The van der Waals surface area contributed by atoms with Gasteiger partial charge in [0.1, 0.15) is 23.9 Å². The van der Waals surface area contributed by atoms with Gasteiger partial charge in [0.2, 0.25) is 15.9 Å². The molecule has 0 spiro atoms. The second kappa shape index (κ2) is 8.97. The fourth-order valence-corrected chi connectivity index (χ4v) is 3.66. The van der Waals surface area contributed by atoms with Crippen molar-refractivity contribution in [2.45, 2.75) is 11.4 Å². The first-order valence-corrected chi connectivity index (χ1v) is 10.4. The Morgan fingerprint density at radius 2 is 1.90 bits per heavy atom. The molecule has 9 heteroatoms. The van der Waals surface area contributed by atoms with Gasteiger partial charge in [0.05, 0.1) is 7.11 Å². The monoisotopic (exact) mass is 418 g/mol. The number of carbonyl (C=O) groups is 1. The van der Waals surface area contributed by atoms with Crippen LogP contribution in [0.5, 0.6) is 17.2 Å². The van der Waals surface area contributed by atoms with E-state index in [1.807, 2.05) is 18.2 Å². The maximum Gasteiger partial charge on any atom is 0.244 e. The zero-order valence-corrected chi connectivity index (χ0v) is 16.9. The highest BCUT2D eigenvalue weighted by atomic mass is 32.2. The summed E-state index contributed by atoms with van der Waals surface area (Å²) in [5, 5.41) is 2.78. The van der Waals surface area contributed by atoms with Crippen molar-refractivity contribution in [3.8, 4) is 17.2 Å². The maximum atomic E-state index is 12.1. The average Bonchev–Trinajstić information content (AvgIpc) is 2.75. The fourth-order valence-electron chi connectivity index (χ4n) is 2.73. The third-order valence-corrected chi connectivity index (χ3v) is 5.68. The van der Waals surface area contributed by atoms with Gasteiger partial charge in [-0.25, -0.2) is 13.1 Å². The fraction of sp³-hybridized carbons (Fsp3) is 0.250. The molecule has 29 heavy (non-hydrogen) atoms. The summed E-state index contributed by atoms with van der Waals surface area (Å²) < 4.78 is 42.6. The molecule has 0 aromatic heterocycles. The van der Waals surface area contributed by atoms with Crippen LogP contribution in [-0.2, 0) is 21.4 Å². The molecule has 8 nitrogen and oxygen atoms in total. The molecule has 0 radical (unpaired) electrons. The largest absolute Gasteiger partial charge is 0.495 e. The summed E-state index contributed by atoms with van der Waals surface area (Å²) in [7, 11) is -0.972. The number of fused-ring (bicyclic) bond motifs is 1. The summed E-state index contributed by atoms with van der Waals surface area (Å²) >= 11 is 0. The Morgan fingerprint density at radius 1 is 1.14 bits per heavy atom. The predicted octanol–water partition coefficient (Wildman–Crippen LogP) is 1.70. The molecule has 0 bridgehead atoms. The number of hydrogen-bond donors (Lipinski definition) is 2. The summed E-state index contributed by atoms with van der Waals surface area (Å²) in [6, 6.07) is 10.1. The minimum atomic E-state index is -3.69. The molecule has 1 aliphatic heterocycles. The van der Waals surface area contributed by atoms with Gasteiger partial charge in [-0.05, 0) is 48.5 Å². The number of methoxy groups -OCH3 is 1. The normalized spacial score (nSPS) is 13.3. The Kier molecular flexibility index (Phi) is 6.40. The van der Waals surface area contributed by atoms with Gasteiger partial charge in [-0.1, -0.05) is 12.1 Å². The highest BCUT2D eigenvalue weighted by Crippen LogP contribution is 2.30. The van der Waals surface area contributed by atoms with Crippen LogP contribution < -0.4 is 24.2 Å². The van der Waals surface area contributed by atoms with Crippen LogP contribution in [0.1, 0.15) is 11.1 Å². The first-order chi connectivity index (χ1) is 13.9. The van der Waals surface area contributed by atoms with Crippen molar-refractivity contribution in [1.82, 2.24) is 10.0 Å². The van der Waals surface area contributed by atoms with Crippen molar-refractivity contribution in [2.75, 3.05) is 27.4 Å². The minimum Gasteiger partial charge on any atom is -0.495 e. The summed E-state index contributed by atoms with van der Waals surface area (Å²) in [6.07, 6.45) is 2.88. The number of rotatable bonds is 7. The predicted molar refractivity (Wildman–Crippen MR) is 108 cm³/mol. The smallest absolute Gasteiger partial charge is 0.244 e. The molecule has 2 N–H and O–H groups in total. The molecule has 2 aromatic rings. The summed E-state index contributed by atoms with van der Waals surface area (Å²) in [5.74, 6) is 1.27. The SMILES string of the molecule is CNS(=O)(=O)c1cc(/C=C/C(=O)NCc2ccc3c(c2)OCCO3)ccc1OC. The number of sulfonamides is 1. The van der Waals surface area contributed by atoms with Gasteiger partial charge < -0.3 is 19.5 Å². The van der Waals surface area contributed by atoms with Crippen LogP contribution in [0.2, 0.25) is 0 Å². The molecule has 1 aliphatic rings. The molecular formula is C20H22N2O6S. The lowest BCUT2D eigenvalue weighted by Crippen LogP contribution is -2.21. The first kappa shape index (κ1) is 20.7. The molecule has 3 rings (SSSR count). The van der Waals surface area contributed by atoms with Crippen molar-refractivity contribution < 1.29 is 27.4 Å². The van der Waals surface area contributed by atoms with Crippen LogP contribution in [0.3, 0.4) is 0 Å². The Labute approximate surface area is 169 Å². The molecule has 2 aromatic carbocycles. The van der Waals surface area contributed by atoms with Gasteiger partial charge in [-0.15, -0.1) is 0 Å². The minimum absolute atomic E-state index is 0.00124. The van der Waals surface area contributed by atoms with E-state index < -0.39 is 10.0 Å². The quantitative estimate of drug-likeness (QED) is 0.664. The Hall–Kier alpha value is -3.04. The number of hydrogen-bond acceptors (Lipinski definition) is 6. The van der Waals surface area contributed by atoms with Gasteiger partial charge in [-0.2, -0.15) is 0 Å². The van der Waals surface area contributed by atoms with E-state index in [4.69, 9.17) is 14.2 Å². The van der Waals surface area contributed by atoms with Gasteiger partial charge >= 0.3 is 0 Å². The topological polar surface area (TPSA) is 103 Å². The van der Waals surface area contributed by atoms with Crippen LogP contribution in [0.25, 0.3) is 6.08 Å².